The van der Waals surface area contributed by atoms with Crippen LogP contribution in [0.15, 0.2) is 42.6 Å². The van der Waals surface area contributed by atoms with E-state index in [-0.39, 0.29) is 0 Å². The van der Waals surface area contributed by atoms with Crippen LogP contribution in [0.25, 0.3) is 21.8 Å². The van der Waals surface area contributed by atoms with Gasteiger partial charge in [-0.2, -0.15) is 0 Å². The van der Waals surface area contributed by atoms with Crippen molar-refractivity contribution < 1.29 is 4.74 Å². The fraction of sp³-hybridized carbons (Fsp3) is 0.143. The van der Waals surface area contributed by atoms with E-state index in [4.69, 9.17) is 4.74 Å². The van der Waals surface area contributed by atoms with Crippen molar-refractivity contribution in [2.75, 3.05) is 6.61 Å². The highest BCUT2D eigenvalue weighted by Crippen LogP contribution is 2.23. The Balaban J connectivity index is 2.34. The smallest absolute Gasteiger partial charge is 0.213 e. The Labute approximate surface area is 99.1 Å². The molecule has 0 saturated heterocycles. The van der Waals surface area contributed by atoms with Gasteiger partial charge in [-0.1, -0.05) is 18.2 Å². The van der Waals surface area contributed by atoms with Gasteiger partial charge < -0.3 is 4.74 Å². The molecule has 3 aromatic rings. The molecule has 0 radical (unpaired) electrons. The number of nitrogens with zero attached hydrogens (tertiary/aromatic N) is 2. The van der Waals surface area contributed by atoms with Gasteiger partial charge >= 0.3 is 0 Å². The predicted octanol–water partition coefficient (Wildman–Crippen LogP) is 3.18. The Kier molecular flexibility index (Phi) is 2.37. The van der Waals surface area contributed by atoms with Crippen LogP contribution in [0.3, 0.4) is 0 Å². The molecule has 1 aromatic carbocycles. The Bertz CT molecular complexity index is 679. The highest BCUT2D eigenvalue weighted by atomic mass is 16.5. The fourth-order valence-corrected chi connectivity index (χ4v) is 1.93. The van der Waals surface area contributed by atoms with E-state index < -0.39 is 0 Å². The molecule has 0 atom stereocenters. The van der Waals surface area contributed by atoms with Gasteiger partial charge in [-0.25, -0.2) is 4.98 Å². The molecule has 3 rings (SSSR count). The van der Waals surface area contributed by atoms with Gasteiger partial charge in [-0.3, -0.25) is 4.98 Å². The van der Waals surface area contributed by atoms with E-state index in [1.807, 2.05) is 31.2 Å². The van der Waals surface area contributed by atoms with E-state index in [0.29, 0.717) is 12.5 Å². The zero-order valence-corrected chi connectivity index (χ0v) is 9.55. The van der Waals surface area contributed by atoms with Crippen molar-refractivity contribution in [1.29, 1.82) is 0 Å². The van der Waals surface area contributed by atoms with E-state index in [1.165, 1.54) is 0 Å². The molecule has 0 fully saturated rings. The quantitative estimate of drug-likeness (QED) is 0.627. The number of pyridine rings is 2. The number of benzene rings is 1. The first-order valence-corrected chi connectivity index (χ1v) is 5.66. The van der Waals surface area contributed by atoms with Gasteiger partial charge in [0.15, 0.2) is 0 Å². The topological polar surface area (TPSA) is 35.0 Å². The minimum Gasteiger partial charge on any atom is -0.478 e. The minimum atomic E-state index is 0.622. The zero-order chi connectivity index (χ0) is 11.7. The highest BCUT2D eigenvalue weighted by molar-refractivity contribution is 6.02. The Morgan fingerprint density at radius 1 is 1.00 bits per heavy atom. The summed E-state index contributed by atoms with van der Waals surface area (Å²) in [6, 6.07) is 12.0. The van der Waals surface area contributed by atoms with E-state index in [2.05, 4.69) is 22.1 Å². The number of aromatic nitrogens is 2. The molecule has 0 N–H and O–H groups in total. The molecular weight excluding hydrogens is 212 g/mol. The average Bonchev–Trinajstić information content (AvgIpc) is 2.39. The van der Waals surface area contributed by atoms with E-state index in [1.54, 1.807) is 6.20 Å². The van der Waals surface area contributed by atoms with Gasteiger partial charge in [-0.05, 0) is 19.1 Å². The van der Waals surface area contributed by atoms with Crippen LogP contribution in [0.5, 0.6) is 5.88 Å². The normalized spacial score (nSPS) is 10.9. The first-order valence-electron chi connectivity index (χ1n) is 5.66. The molecule has 0 saturated carbocycles. The largest absolute Gasteiger partial charge is 0.478 e. The first kappa shape index (κ1) is 10.0. The van der Waals surface area contributed by atoms with E-state index in [0.717, 1.165) is 21.8 Å². The van der Waals surface area contributed by atoms with Crippen LogP contribution in [0, 0.1) is 0 Å². The second kappa shape index (κ2) is 4.01. The van der Waals surface area contributed by atoms with Crippen molar-refractivity contribution in [3.05, 3.63) is 42.6 Å². The summed E-state index contributed by atoms with van der Waals surface area (Å²) in [5.74, 6) is 0.651. The third-order valence-corrected chi connectivity index (χ3v) is 2.70. The summed E-state index contributed by atoms with van der Waals surface area (Å²) in [5, 5.41) is 2.18. The molecule has 0 aliphatic heterocycles. The lowest BCUT2D eigenvalue weighted by atomic mass is 10.1. The van der Waals surface area contributed by atoms with Crippen LogP contribution >= 0.6 is 0 Å². The molecule has 0 unspecified atom stereocenters. The summed E-state index contributed by atoms with van der Waals surface area (Å²) in [6.45, 7) is 2.57. The minimum absolute atomic E-state index is 0.622. The van der Waals surface area contributed by atoms with Crippen molar-refractivity contribution in [2.45, 2.75) is 6.92 Å². The third kappa shape index (κ3) is 1.69. The molecule has 0 amide bonds. The number of hydrogen-bond donors (Lipinski definition) is 0. The van der Waals surface area contributed by atoms with Crippen molar-refractivity contribution in [2.24, 2.45) is 0 Å². The van der Waals surface area contributed by atoms with E-state index >= 15 is 0 Å². The summed E-state index contributed by atoms with van der Waals surface area (Å²) in [7, 11) is 0. The molecule has 2 heterocycles. The van der Waals surface area contributed by atoms with Crippen molar-refractivity contribution in [3.63, 3.8) is 0 Å². The number of ether oxygens (including phenoxy) is 1. The standard InChI is InChI=1S/C14H12N2O/c1-2-17-12-8-7-11-6-5-10-4-3-9-15-13(10)14(11)16-12/h3-9H,2H2,1H3. The lowest BCUT2D eigenvalue weighted by Gasteiger charge is -2.05. The lowest BCUT2D eigenvalue weighted by Crippen LogP contribution is -1.94. The summed E-state index contributed by atoms with van der Waals surface area (Å²) in [5.41, 5.74) is 1.82. The first-order chi connectivity index (χ1) is 8.38. The molecule has 3 heteroatoms. The Hall–Kier alpha value is -2.16. The lowest BCUT2D eigenvalue weighted by molar-refractivity contribution is 0.328. The average molecular weight is 224 g/mol. The van der Waals surface area contributed by atoms with Gasteiger partial charge in [0, 0.05) is 23.0 Å². The molecule has 17 heavy (non-hydrogen) atoms. The molecule has 3 nitrogen and oxygen atoms in total. The van der Waals surface area contributed by atoms with Crippen molar-refractivity contribution in [3.8, 4) is 5.88 Å². The summed E-state index contributed by atoms with van der Waals surface area (Å²) < 4.78 is 5.42. The number of rotatable bonds is 2. The van der Waals surface area contributed by atoms with Crippen LogP contribution in [-0.4, -0.2) is 16.6 Å². The highest BCUT2D eigenvalue weighted by Gasteiger charge is 2.04. The fourth-order valence-electron chi connectivity index (χ4n) is 1.93. The number of hydrogen-bond acceptors (Lipinski definition) is 3. The third-order valence-electron chi connectivity index (χ3n) is 2.70. The Morgan fingerprint density at radius 2 is 1.76 bits per heavy atom. The van der Waals surface area contributed by atoms with Crippen LogP contribution in [0.1, 0.15) is 6.92 Å². The molecule has 84 valence electrons. The molecule has 0 bridgehead atoms. The van der Waals surface area contributed by atoms with Gasteiger partial charge in [0.05, 0.1) is 12.1 Å². The van der Waals surface area contributed by atoms with Crippen molar-refractivity contribution >= 4 is 21.8 Å². The van der Waals surface area contributed by atoms with Crippen LogP contribution < -0.4 is 4.74 Å². The maximum absolute atomic E-state index is 5.42. The van der Waals surface area contributed by atoms with Gasteiger partial charge in [-0.15, -0.1) is 0 Å². The zero-order valence-electron chi connectivity index (χ0n) is 9.55. The van der Waals surface area contributed by atoms with E-state index in [9.17, 15) is 0 Å². The molecule has 2 aromatic heterocycles. The maximum Gasteiger partial charge on any atom is 0.213 e. The van der Waals surface area contributed by atoms with Crippen LogP contribution in [0.4, 0.5) is 0 Å². The second-order valence-electron chi connectivity index (χ2n) is 3.79. The van der Waals surface area contributed by atoms with Gasteiger partial charge in [0.1, 0.15) is 5.52 Å². The predicted molar refractivity (Wildman–Crippen MR) is 68.2 cm³/mol. The summed E-state index contributed by atoms with van der Waals surface area (Å²) in [6.07, 6.45) is 1.79. The number of fused-ring (bicyclic) bond motifs is 3. The van der Waals surface area contributed by atoms with Crippen LogP contribution in [-0.2, 0) is 0 Å². The van der Waals surface area contributed by atoms with Gasteiger partial charge in [0.25, 0.3) is 0 Å². The summed E-state index contributed by atoms with van der Waals surface area (Å²) >= 11 is 0. The maximum atomic E-state index is 5.42. The second-order valence-corrected chi connectivity index (χ2v) is 3.79. The molecule has 0 spiro atoms. The van der Waals surface area contributed by atoms with Gasteiger partial charge in [0.2, 0.25) is 5.88 Å². The van der Waals surface area contributed by atoms with Crippen molar-refractivity contribution in [1.82, 2.24) is 9.97 Å². The Morgan fingerprint density at radius 3 is 2.59 bits per heavy atom. The summed E-state index contributed by atoms with van der Waals surface area (Å²) in [4.78, 5) is 8.90. The SMILES string of the molecule is CCOc1ccc2ccc3cccnc3c2n1. The molecule has 0 aliphatic rings. The monoisotopic (exact) mass is 224 g/mol. The van der Waals surface area contributed by atoms with Crippen LogP contribution in [0.2, 0.25) is 0 Å². The molecule has 0 aliphatic carbocycles. The molecular formula is C14H12N2O.